The minimum Gasteiger partial charge on any atom is -0.371 e. The maximum absolute atomic E-state index is 5.95. The zero-order valence-corrected chi connectivity index (χ0v) is 13.5. The van der Waals surface area contributed by atoms with Gasteiger partial charge in [0.05, 0.1) is 16.7 Å². The summed E-state index contributed by atoms with van der Waals surface area (Å²) in [5.41, 5.74) is 1.10. The topological polar surface area (TPSA) is 64.9 Å². The third-order valence-electron chi connectivity index (χ3n) is 3.56. The maximum atomic E-state index is 5.95. The molecule has 2 atom stereocenters. The number of hydrogen-bond donors (Lipinski definition) is 1. The van der Waals surface area contributed by atoms with Crippen LogP contribution in [0.5, 0.6) is 0 Å². The molecule has 1 N–H and O–H groups in total. The van der Waals surface area contributed by atoms with E-state index in [0.717, 1.165) is 36.0 Å². The Labute approximate surface area is 132 Å². The van der Waals surface area contributed by atoms with Crippen LogP contribution in [0, 0.1) is 0 Å². The fourth-order valence-corrected chi connectivity index (χ4v) is 2.71. The van der Waals surface area contributed by atoms with Crippen LogP contribution in [-0.2, 0) is 11.3 Å². The highest BCUT2D eigenvalue weighted by Crippen LogP contribution is 2.30. The van der Waals surface area contributed by atoms with Gasteiger partial charge in [0, 0.05) is 37.3 Å². The van der Waals surface area contributed by atoms with Gasteiger partial charge in [-0.15, -0.1) is 0 Å². The Balaban J connectivity index is 1.76. The van der Waals surface area contributed by atoms with Crippen molar-refractivity contribution in [1.29, 1.82) is 0 Å². The second-order valence-electron chi connectivity index (χ2n) is 5.04. The number of nitrogens with one attached hydrogen (secondary N) is 1. The lowest BCUT2D eigenvalue weighted by atomic mass is 9.98. The Hall–Kier alpha value is -1.47. The van der Waals surface area contributed by atoms with E-state index < -0.39 is 0 Å². The summed E-state index contributed by atoms with van der Waals surface area (Å²) in [4.78, 5) is 8.55. The summed E-state index contributed by atoms with van der Waals surface area (Å²) < 4.78 is 8.74. The van der Waals surface area contributed by atoms with Crippen LogP contribution in [0.15, 0.2) is 29.3 Å². The molecular weight excluding hydrogens is 334 g/mol. The van der Waals surface area contributed by atoms with Gasteiger partial charge in [0.2, 0.25) is 5.95 Å². The average Bonchev–Trinajstić information content (AvgIpc) is 2.99. The molecule has 0 bridgehead atoms. The van der Waals surface area contributed by atoms with Crippen LogP contribution in [0.4, 0.5) is 5.95 Å². The standard InChI is InChI=1S/C14H18BrN5O/c1-2-20-9-10(6-18-20)13-12(4-3-5-21-13)19-14-16-7-11(15)8-17-14/h6-9,12-13H,2-5H2,1H3,(H,16,17,19)/t12-,13+/m0/s1. The summed E-state index contributed by atoms with van der Waals surface area (Å²) >= 11 is 3.34. The number of aromatic nitrogens is 4. The van der Waals surface area contributed by atoms with Crippen LogP contribution in [0.2, 0.25) is 0 Å². The molecule has 2 aromatic rings. The van der Waals surface area contributed by atoms with E-state index in [9.17, 15) is 0 Å². The number of hydrogen-bond acceptors (Lipinski definition) is 5. The monoisotopic (exact) mass is 351 g/mol. The van der Waals surface area contributed by atoms with Crippen LogP contribution < -0.4 is 5.32 Å². The molecule has 0 saturated carbocycles. The van der Waals surface area contributed by atoms with Crippen molar-refractivity contribution in [3.63, 3.8) is 0 Å². The maximum Gasteiger partial charge on any atom is 0.222 e. The van der Waals surface area contributed by atoms with Gasteiger partial charge in [-0.25, -0.2) is 9.97 Å². The Morgan fingerprint density at radius 2 is 2.19 bits per heavy atom. The number of anilines is 1. The van der Waals surface area contributed by atoms with Crippen LogP contribution in [0.3, 0.4) is 0 Å². The normalized spacial score (nSPS) is 22.2. The minimum atomic E-state index is -0.00806. The van der Waals surface area contributed by atoms with E-state index in [4.69, 9.17) is 4.74 Å². The summed E-state index contributed by atoms with van der Waals surface area (Å²) in [6.07, 6.45) is 9.47. The van der Waals surface area contributed by atoms with Crippen molar-refractivity contribution in [3.05, 3.63) is 34.8 Å². The highest BCUT2D eigenvalue weighted by atomic mass is 79.9. The van der Waals surface area contributed by atoms with E-state index >= 15 is 0 Å². The molecule has 3 rings (SSSR count). The summed E-state index contributed by atoms with van der Waals surface area (Å²) in [6.45, 7) is 3.71. The molecule has 0 aliphatic carbocycles. The molecule has 1 saturated heterocycles. The van der Waals surface area contributed by atoms with E-state index in [0.29, 0.717) is 5.95 Å². The van der Waals surface area contributed by atoms with Gasteiger partial charge in [0.15, 0.2) is 0 Å². The molecule has 0 amide bonds. The lowest BCUT2D eigenvalue weighted by molar-refractivity contribution is 0.00540. The van der Waals surface area contributed by atoms with Crippen molar-refractivity contribution in [2.75, 3.05) is 11.9 Å². The molecular formula is C14H18BrN5O. The number of aryl methyl sites for hydroxylation is 1. The summed E-state index contributed by atoms with van der Waals surface area (Å²) in [7, 11) is 0. The molecule has 21 heavy (non-hydrogen) atoms. The van der Waals surface area contributed by atoms with Crippen molar-refractivity contribution >= 4 is 21.9 Å². The molecule has 3 heterocycles. The molecule has 7 heteroatoms. The van der Waals surface area contributed by atoms with Crippen molar-refractivity contribution in [3.8, 4) is 0 Å². The second-order valence-corrected chi connectivity index (χ2v) is 5.95. The van der Waals surface area contributed by atoms with Crippen molar-refractivity contribution < 1.29 is 4.74 Å². The van der Waals surface area contributed by atoms with Crippen molar-refractivity contribution in [2.24, 2.45) is 0 Å². The number of rotatable bonds is 4. The fraction of sp³-hybridized carbons (Fsp3) is 0.500. The van der Waals surface area contributed by atoms with Gasteiger partial charge in [-0.3, -0.25) is 4.68 Å². The summed E-state index contributed by atoms with van der Waals surface area (Å²) in [5.74, 6) is 0.626. The second kappa shape index (κ2) is 6.53. The van der Waals surface area contributed by atoms with Crippen LogP contribution >= 0.6 is 15.9 Å². The van der Waals surface area contributed by atoms with Crippen molar-refractivity contribution in [2.45, 2.75) is 38.5 Å². The molecule has 0 spiro atoms. The van der Waals surface area contributed by atoms with Gasteiger partial charge in [0.1, 0.15) is 6.10 Å². The Bertz CT molecular complexity index is 585. The number of halogens is 1. The SMILES string of the molecule is CCn1cc([C@H]2OCCC[C@@H]2Nc2ncc(Br)cn2)cn1. The molecule has 1 fully saturated rings. The Kier molecular flexibility index (Phi) is 4.50. The summed E-state index contributed by atoms with van der Waals surface area (Å²) in [6, 6.07) is 0.162. The van der Waals surface area contributed by atoms with Gasteiger partial charge in [0.25, 0.3) is 0 Å². The lowest BCUT2D eigenvalue weighted by Crippen LogP contribution is -2.34. The van der Waals surface area contributed by atoms with E-state index in [2.05, 4.69) is 43.2 Å². The third-order valence-corrected chi connectivity index (χ3v) is 3.97. The van der Waals surface area contributed by atoms with E-state index in [-0.39, 0.29) is 12.1 Å². The number of nitrogens with zero attached hydrogens (tertiary/aromatic N) is 4. The average molecular weight is 352 g/mol. The van der Waals surface area contributed by atoms with Crippen molar-refractivity contribution in [1.82, 2.24) is 19.7 Å². The first kappa shape index (κ1) is 14.5. The molecule has 1 aliphatic heterocycles. The predicted molar refractivity (Wildman–Crippen MR) is 83.0 cm³/mol. The minimum absolute atomic E-state index is 0.00806. The van der Waals surface area contributed by atoms with Gasteiger partial charge in [-0.2, -0.15) is 5.10 Å². The Morgan fingerprint density at radius 1 is 1.38 bits per heavy atom. The summed E-state index contributed by atoms with van der Waals surface area (Å²) in [5, 5.41) is 7.71. The van der Waals surface area contributed by atoms with Gasteiger partial charge >= 0.3 is 0 Å². The van der Waals surface area contributed by atoms with E-state index in [1.807, 2.05) is 17.1 Å². The first-order chi connectivity index (χ1) is 10.3. The largest absolute Gasteiger partial charge is 0.371 e. The highest BCUT2D eigenvalue weighted by Gasteiger charge is 2.29. The first-order valence-corrected chi connectivity index (χ1v) is 7.93. The third kappa shape index (κ3) is 3.41. The van der Waals surface area contributed by atoms with Gasteiger partial charge < -0.3 is 10.1 Å². The van der Waals surface area contributed by atoms with Crippen LogP contribution in [0.1, 0.15) is 31.4 Å². The van der Waals surface area contributed by atoms with Gasteiger partial charge in [-0.05, 0) is 35.7 Å². The molecule has 6 nitrogen and oxygen atoms in total. The van der Waals surface area contributed by atoms with E-state index in [1.54, 1.807) is 12.4 Å². The zero-order chi connectivity index (χ0) is 14.7. The molecule has 112 valence electrons. The molecule has 0 aromatic carbocycles. The van der Waals surface area contributed by atoms with Crippen LogP contribution in [-0.4, -0.2) is 32.4 Å². The Morgan fingerprint density at radius 3 is 2.90 bits per heavy atom. The number of ether oxygens (including phenoxy) is 1. The smallest absolute Gasteiger partial charge is 0.222 e. The molecule has 1 aliphatic rings. The highest BCUT2D eigenvalue weighted by molar-refractivity contribution is 9.10. The fourth-order valence-electron chi connectivity index (χ4n) is 2.51. The quantitative estimate of drug-likeness (QED) is 0.917. The molecule has 0 unspecified atom stereocenters. The molecule has 2 aromatic heterocycles. The predicted octanol–water partition coefficient (Wildman–Crippen LogP) is 2.79. The van der Waals surface area contributed by atoms with Crippen LogP contribution in [0.25, 0.3) is 0 Å². The van der Waals surface area contributed by atoms with E-state index in [1.165, 1.54) is 0 Å². The van der Waals surface area contributed by atoms with Gasteiger partial charge in [-0.1, -0.05) is 0 Å². The zero-order valence-electron chi connectivity index (χ0n) is 11.9. The lowest BCUT2D eigenvalue weighted by Gasteiger charge is -2.31. The first-order valence-electron chi connectivity index (χ1n) is 7.14. The molecule has 0 radical (unpaired) electrons.